The molecule has 2 heterocycles. The summed E-state index contributed by atoms with van der Waals surface area (Å²) in [7, 11) is 0. The molecule has 1 amide bonds. The van der Waals surface area contributed by atoms with Gasteiger partial charge in [-0.2, -0.15) is 5.10 Å². The zero-order valence-corrected chi connectivity index (χ0v) is 16.8. The Morgan fingerprint density at radius 3 is 2.69 bits per heavy atom. The van der Waals surface area contributed by atoms with Crippen LogP contribution in [0.25, 0.3) is 0 Å². The van der Waals surface area contributed by atoms with E-state index in [4.69, 9.17) is 16.2 Å². The topological polar surface area (TPSA) is 120 Å². The number of nitrogens with two attached hydrogens (primary N) is 2. The summed E-state index contributed by atoms with van der Waals surface area (Å²) in [4.78, 5) is 12.0. The molecule has 2 aliphatic rings. The summed E-state index contributed by atoms with van der Waals surface area (Å²) >= 11 is 0. The molecule has 29 heavy (non-hydrogen) atoms. The Balaban J connectivity index is 1.51. The fourth-order valence-corrected chi connectivity index (χ4v) is 4.46. The number of rotatable bonds is 7. The van der Waals surface area contributed by atoms with Gasteiger partial charge in [-0.25, -0.2) is 0 Å². The van der Waals surface area contributed by atoms with Crippen LogP contribution >= 0.6 is 0 Å². The third kappa shape index (κ3) is 4.29. The summed E-state index contributed by atoms with van der Waals surface area (Å²) in [6.45, 7) is 4.29. The van der Waals surface area contributed by atoms with Crippen LogP contribution in [-0.4, -0.2) is 47.0 Å². The molecule has 8 heteroatoms. The lowest BCUT2D eigenvalue weighted by Crippen LogP contribution is -2.62. The predicted molar refractivity (Wildman–Crippen MR) is 112 cm³/mol. The van der Waals surface area contributed by atoms with E-state index >= 15 is 0 Å². The number of aromatic nitrogens is 2. The van der Waals surface area contributed by atoms with Gasteiger partial charge in [-0.3, -0.25) is 9.48 Å². The van der Waals surface area contributed by atoms with Crippen LogP contribution in [-0.2, 0) is 4.74 Å². The maximum absolute atomic E-state index is 12.0. The zero-order chi connectivity index (χ0) is 20.4. The minimum absolute atomic E-state index is 0.0776. The van der Waals surface area contributed by atoms with Gasteiger partial charge < -0.3 is 26.8 Å². The monoisotopic (exact) mass is 398 g/mol. The van der Waals surface area contributed by atoms with Gasteiger partial charge in [0.05, 0.1) is 24.8 Å². The van der Waals surface area contributed by atoms with E-state index in [9.17, 15) is 4.79 Å². The number of carbonyl (C=O) groups excluding carboxylic acids is 1. The van der Waals surface area contributed by atoms with Crippen molar-refractivity contribution >= 4 is 17.4 Å². The normalized spacial score (nSPS) is 25.9. The Morgan fingerprint density at radius 1 is 1.31 bits per heavy atom. The highest BCUT2D eigenvalue weighted by Gasteiger charge is 2.39. The Kier molecular flexibility index (Phi) is 5.58. The molecule has 6 N–H and O–H groups in total. The first-order valence-corrected chi connectivity index (χ1v) is 10.2. The van der Waals surface area contributed by atoms with Gasteiger partial charge >= 0.3 is 0 Å². The van der Waals surface area contributed by atoms with Crippen LogP contribution in [0.15, 0.2) is 36.5 Å². The number of amides is 1. The smallest absolute Gasteiger partial charge is 0.254 e. The van der Waals surface area contributed by atoms with E-state index in [0.29, 0.717) is 24.0 Å². The number of hydrogen-bond donors (Lipinski definition) is 4. The average Bonchev–Trinajstić information content (AvgIpc) is 3.11. The molecule has 0 spiro atoms. The number of para-hydroxylation sites is 1. The summed E-state index contributed by atoms with van der Waals surface area (Å²) in [5.41, 5.74) is 13.1. The van der Waals surface area contributed by atoms with Gasteiger partial charge in [0.25, 0.3) is 5.91 Å². The second-order valence-corrected chi connectivity index (χ2v) is 8.50. The van der Waals surface area contributed by atoms with E-state index in [2.05, 4.69) is 22.7 Å². The van der Waals surface area contributed by atoms with E-state index in [1.54, 1.807) is 6.20 Å². The highest BCUT2D eigenvalue weighted by molar-refractivity contribution is 5.98. The fourth-order valence-electron chi connectivity index (χ4n) is 4.46. The molecule has 1 saturated heterocycles. The van der Waals surface area contributed by atoms with Crippen LogP contribution in [0.2, 0.25) is 0 Å². The summed E-state index contributed by atoms with van der Waals surface area (Å²) in [6, 6.07) is 10.2. The van der Waals surface area contributed by atoms with E-state index in [1.807, 2.05) is 35.0 Å². The molecule has 2 aromatic rings. The van der Waals surface area contributed by atoms with Gasteiger partial charge in [-0.15, -0.1) is 0 Å². The van der Waals surface area contributed by atoms with Gasteiger partial charge in [0.1, 0.15) is 5.56 Å². The Labute approximate surface area is 171 Å². The van der Waals surface area contributed by atoms with E-state index in [0.717, 1.165) is 38.2 Å². The van der Waals surface area contributed by atoms with Crippen LogP contribution in [0.5, 0.6) is 0 Å². The van der Waals surface area contributed by atoms with E-state index in [-0.39, 0.29) is 17.5 Å². The second-order valence-electron chi connectivity index (χ2n) is 8.50. The predicted octanol–water partition coefficient (Wildman–Crippen LogP) is 1.77. The average molecular weight is 399 g/mol. The molecule has 1 aromatic heterocycles. The summed E-state index contributed by atoms with van der Waals surface area (Å²) < 4.78 is 7.24. The van der Waals surface area contributed by atoms with Crippen molar-refractivity contribution in [1.29, 1.82) is 0 Å². The molecule has 2 fully saturated rings. The van der Waals surface area contributed by atoms with Crippen LogP contribution < -0.4 is 22.1 Å². The number of anilines is 2. The molecule has 0 bridgehead atoms. The quantitative estimate of drug-likeness (QED) is 0.564. The summed E-state index contributed by atoms with van der Waals surface area (Å²) in [5.74, 6) is 0.266. The van der Waals surface area contributed by atoms with Crippen molar-refractivity contribution in [3.8, 4) is 0 Å². The summed E-state index contributed by atoms with van der Waals surface area (Å²) in [5, 5.41) is 11.6. The highest BCUT2D eigenvalue weighted by Crippen LogP contribution is 2.35. The number of nitrogens with one attached hydrogen (secondary N) is 2. The highest BCUT2D eigenvalue weighted by atomic mass is 16.5. The van der Waals surface area contributed by atoms with Crippen molar-refractivity contribution < 1.29 is 9.53 Å². The van der Waals surface area contributed by atoms with E-state index in [1.165, 1.54) is 0 Å². The summed E-state index contributed by atoms with van der Waals surface area (Å²) in [6.07, 6.45) is 4.71. The molecular weight excluding hydrogens is 368 g/mol. The number of nitrogens with zero attached hydrogens (tertiary/aromatic N) is 2. The number of primary amides is 1. The molecule has 8 nitrogen and oxygen atoms in total. The molecule has 3 atom stereocenters. The number of hydrogen-bond acceptors (Lipinski definition) is 6. The van der Waals surface area contributed by atoms with Gasteiger partial charge in [-0.05, 0) is 50.8 Å². The zero-order valence-electron chi connectivity index (χ0n) is 16.8. The van der Waals surface area contributed by atoms with Crippen LogP contribution in [0, 0.1) is 5.92 Å². The minimum atomic E-state index is -0.493. The van der Waals surface area contributed by atoms with Gasteiger partial charge in [0, 0.05) is 17.9 Å². The van der Waals surface area contributed by atoms with Crippen molar-refractivity contribution in [3.05, 3.63) is 42.1 Å². The molecule has 1 aliphatic heterocycles. The molecule has 0 radical (unpaired) electrons. The first-order chi connectivity index (χ1) is 14.0. The van der Waals surface area contributed by atoms with Crippen LogP contribution in [0.1, 0.15) is 42.6 Å². The Bertz CT molecular complexity index is 848. The maximum atomic E-state index is 12.0. The Hall–Kier alpha value is -2.42. The SMILES string of the molecule is CC1(N[C@H]2CCC(n3cc(C(N)=O)c(Nc4ccccc4)n3)[C@@H](CN)C2)COC1. The fraction of sp³-hybridized carbons (Fsp3) is 0.524. The lowest BCUT2D eigenvalue weighted by molar-refractivity contribution is -0.0729. The van der Waals surface area contributed by atoms with Crippen molar-refractivity contribution in [2.75, 3.05) is 25.1 Å². The minimum Gasteiger partial charge on any atom is -0.377 e. The van der Waals surface area contributed by atoms with Crippen molar-refractivity contribution in [1.82, 2.24) is 15.1 Å². The molecular formula is C21H30N6O2. The molecule has 1 aromatic carbocycles. The van der Waals surface area contributed by atoms with Gasteiger partial charge in [0.15, 0.2) is 5.82 Å². The Morgan fingerprint density at radius 2 is 2.07 bits per heavy atom. The van der Waals surface area contributed by atoms with Gasteiger partial charge in [0.2, 0.25) is 0 Å². The maximum Gasteiger partial charge on any atom is 0.254 e. The van der Waals surface area contributed by atoms with Crippen molar-refractivity contribution in [2.24, 2.45) is 17.4 Å². The van der Waals surface area contributed by atoms with E-state index < -0.39 is 5.91 Å². The van der Waals surface area contributed by atoms with Crippen molar-refractivity contribution in [3.63, 3.8) is 0 Å². The number of ether oxygens (including phenoxy) is 1. The van der Waals surface area contributed by atoms with Gasteiger partial charge in [-0.1, -0.05) is 18.2 Å². The lowest BCUT2D eigenvalue weighted by atomic mass is 9.80. The van der Waals surface area contributed by atoms with Crippen molar-refractivity contribution in [2.45, 2.75) is 43.8 Å². The molecule has 156 valence electrons. The number of carbonyl (C=O) groups is 1. The number of benzene rings is 1. The second kappa shape index (κ2) is 8.14. The van der Waals surface area contributed by atoms with Crippen LogP contribution in [0.3, 0.4) is 0 Å². The lowest BCUT2D eigenvalue weighted by Gasteiger charge is -2.45. The molecule has 1 unspecified atom stereocenters. The first-order valence-electron chi connectivity index (χ1n) is 10.2. The standard InChI is InChI=1S/C21H30N6O2/c1-21(12-29-13-21)25-16-7-8-18(14(9-16)10-22)27-11-17(19(23)28)20(26-27)24-15-5-3-2-4-6-15/h2-6,11,14,16,18,25H,7-10,12-13,22H2,1H3,(H2,23,28)(H,24,26)/t14-,16+,18?/m1/s1. The molecule has 1 saturated carbocycles. The molecule has 1 aliphatic carbocycles. The third-order valence-corrected chi connectivity index (χ3v) is 6.01. The largest absolute Gasteiger partial charge is 0.377 e. The van der Waals surface area contributed by atoms with Crippen LogP contribution in [0.4, 0.5) is 11.5 Å². The first kappa shape index (κ1) is 19.9. The molecule has 4 rings (SSSR count). The third-order valence-electron chi connectivity index (χ3n) is 6.01.